The molecule has 34 heavy (non-hydrogen) atoms. The molecule has 1 heterocycles. The Hall–Kier alpha value is -1.89. The monoisotopic (exact) mass is 479 g/mol. The summed E-state index contributed by atoms with van der Waals surface area (Å²) in [6, 6.07) is -1.18. The van der Waals surface area contributed by atoms with Crippen molar-refractivity contribution >= 4 is 17.8 Å². The topological polar surface area (TPSA) is 79.0 Å². The lowest BCUT2D eigenvalue weighted by molar-refractivity contribution is -0.142. The lowest BCUT2D eigenvalue weighted by Gasteiger charge is -2.40. The second-order valence-corrected chi connectivity index (χ2v) is 11.5. The fourth-order valence-electron chi connectivity index (χ4n) is 4.53. The van der Waals surface area contributed by atoms with Gasteiger partial charge in [-0.25, -0.2) is 4.79 Å². The Kier molecular flexibility index (Phi) is 11.8. The molecule has 0 aromatic heterocycles. The molecule has 0 aromatic rings. The van der Waals surface area contributed by atoms with Crippen LogP contribution < -0.4 is 5.32 Å². The molecule has 2 amide bonds. The average Bonchev–Trinajstić information content (AvgIpc) is 2.73. The van der Waals surface area contributed by atoms with Gasteiger partial charge >= 0.3 is 5.97 Å². The van der Waals surface area contributed by atoms with Crippen LogP contribution in [0.1, 0.15) is 81.6 Å². The minimum atomic E-state index is -0.676. The van der Waals surface area contributed by atoms with Gasteiger partial charge in [0.2, 0.25) is 11.8 Å². The third-order valence-electron chi connectivity index (χ3n) is 6.41. The smallest absolute Gasteiger partial charge is 0.333 e. The summed E-state index contributed by atoms with van der Waals surface area (Å²) in [6.45, 7) is 19.8. The molecule has 1 aliphatic heterocycles. The van der Waals surface area contributed by atoms with Gasteiger partial charge in [0.05, 0.1) is 18.7 Å². The van der Waals surface area contributed by atoms with Crippen LogP contribution in [0.5, 0.6) is 0 Å². The van der Waals surface area contributed by atoms with Crippen LogP contribution in [-0.2, 0) is 19.1 Å². The van der Waals surface area contributed by atoms with Gasteiger partial charge in [-0.1, -0.05) is 61.0 Å². The minimum absolute atomic E-state index is 0.0682. The highest BCUT2D eigenvalue weighted by Gasteiger charge is 2.39. The van der Waals surface area contributed by atoms with Crippen molar-refractivity contribution in [3.05, 3.63) is 11.6 Å². The highest BCUT2D eigenvalue weighted by molar-refractivity contribution is 5.91. The molecule has 3 atom stereocenters. The van der Waals surface area contributed by atoms with Crippen molar-refractivity contribution in [1.29, 1.82) is 0 Å². The van der Waals surface area contributed by atoms with E-state index in [1.54, 1.807) is 31.9 Å². The van der Waals surface area contributed by atoms with Crippen molar-refractivity contribution in [1.82, 2.24) is 15.1 Å². The quantitative estimate of drug-likeness (QED) is 0.378. The number of hydrogen-bond acceptors (Lipinski definition) is 5. The number of carbonyl (C=O) groups excluding carboxylic acids is 3. The van der Waals surface area contributed by atoms with Crippen LogP contribution in [0.2, 0.25) is 0 Å². The van der Waals surface area contributed by atoms with Crippen molar-refractivity contribution < 1.29 is 19.1 Å². The van der Waals surface area contributed by atoms with E-state index >= 15 is 0 Å². The average molecular weight is 480 g/mol. The second kappa shape index (κ2) is 13.3. The number of piperidine rings is 1. The molecule has 1 aliphatic rings. The summed E-state index contributed by atoms with van der Waals surface area (Å²) in [5.74, 6) is -0.0485. The first-order valence-electron chi connectivity index (χ1n) is 12.9. The molecule has 1 rings (SSSR count). The van der Waals surface area contributed by atoms with E-state index in [0.29, 0.717) is 18.1 Å². The summed E-state index contributed by atoms with van der Waals surface area (Å²) in [5, 5.41) is 3.12. The zero-order valence-electron chi connectivity index (χ0n) is 23.2. The largest absolute Gasteiger partial charge is 0.463 e. The van der Waals surface area contributed by atoms with E-state index in [1.807, 2.05) is 34.6 Å². The van der Waals surface area contributed by atoms with Crippen LogP contribution in [0, 0.1) is 17.3 Å². The Bertz CT molecular complexity index is 724. The highest BCUT2D eigenvalue weighted by Crippen LogP contribution is 2.25. The summed E-state index contributed by atoms with van der Waals surface area (Å²) in [5.41, 5.74) is 0.00283. The van der Waals surface area contributed by atoms with Crippen LogP contribution in [0.25, 0.3) is 0 Å². The molecule has 0 spiro atoms. The van der Waals surface area contributed by atoms with E-state index in [9.17, 15) is 14.4 Å². The first-order valence-corrected chi connectivity index (χ1v) is 12.9. The number of carbonyl (C=O) groups is 3. The van der Waals surface area contributed by atoms with Crippen molar-refractivity contribution in [3.63, 3.8) is 0 Å². The van der Waals surface area contributed by atoms with E-state index in [2.05, 4.69) is 24.1 Å². The predicted octanol–water partition coefficient (Wildman–Crippen LogP) is 4.02. The number of esters is 1. The first kappa shape index (κ1) is 30.1. The Morgan fingerprint density at radius 2 is 1.76 bits per heavy atom. The van der Waals surface area contributed by atoms with E-state index in [4.69, 9.17) is 4.74 Å². The Morgan fingerprint density at radius 3 is 2.26 bits per heavy atom. The zero-order valence-corrected chi connectivity index (χ0v) is 23.2. The number of rotatable bonds is 10. The number of nitrogens with zero attached hydrogens (tertiary/aromatic N) is 2. The van der Waals surface area contributed by atoms with Crippen LogP contribution in [0.15, 0.2) is 11.6 Å². The Morgan fingerprint density at radius 1 is 1.15 bits per heavy atom. The van der Waals surface area contributed by atoms with E-state index < -0.39 is 11.5 Å². The summed E-state index contributed by atoms with van der Waals surface area (Å²) >= 11 is 0. The number of likely N-dealkylation sites (N-methyl/N-ethyl adjacent to an activating group) is 1. The van der Waals surface area contributed by atoms with Gasteiger partial charge < -0.3 is 15.0 Å². The molecule has 0 radical (unpaired) electrons. The molecule has 0 bridgehead atoms. The maximum absolute atomic E-state index is 13.7. The zero-order chi connectivity index (χ0) is 26.2. The lowest BCUT2D eigenvalue weighted by Crippen LogP contribution is -2.60. The molecule has 7 nitrogen and oxygen atoms in total. The standard InChI is InChI=1S/C27H49N3O4/c1-11-34-26(33)20(6)16-22(19(4)5)29(10)25(32)23(27(7,8)9)28-24(31)21-14-12-13-15-30(21)17-18(2)3/h16,18-19,21-23H,11-15,17H2,1-10H3,(H,28,31)/t21?,22-,23-/m1/s1. The van der Waals surface area contributed by atoms with Crippen LogP contribution in [0.3, 0.4) is 0 Å². The second-order valence-electron chi connectivity index (χ2n) is 11.5. The maximum Gasteiger partial charge on any atom is 0.333 e. The number of amides is 2. The fourth-order valence-corrected chi connectivity index (χ4v) is 4.53. The molecule has 7 heteroatoms. The van der Waals surface area contributed by atoms with E-state index in [1.165, 1.54) is 0 Å². The third-order valence-corrected chi connectivity index (χ3v) is 6.41. The lowest BCUT2D eigenvalue weighted by atomic mass is 9.84. The van der Waals surface area contributed by atoms with Gasteiger partial charge in [0.1, 0.15) is 6.04 Å². The van der Waals surface area contributed by atoms with Crippen molar-refractivity contribution in [2.45, 2.75) is 99.7 Å². The first-order chi connectivity index (χ1) is 15.7. The summed E-state index contributed by atoms with van der Waals surface area (Å²) < 4.78 is 5.11. The van der Waals surface area contributed by atoms with Gasteiger partial charge in [-0.3, -0.25) is 14.5 Å². The Balaban J connectivity index is 3.14. The molecular formula is C27H49N3O4. The fraction of sp³-hybridized carbons (Fsp3) is 0.815. The summed E-state index contributed by atoms with van der Waals surface area (Å²) in [7, 11) is 1.75. The minimum Gasteiger partial charge on any atom is -0.463 e. The number of likely N-dealkylation sites (tertiary alicyclic amines) is 1. The SMILES string of the molecule is CCOC(=O)C(C)=C[C@H](C(C)C)N(C)C(=O)[C@@H](NC(=O)C1CCCCN1CC(C)C)C(C)(C)C. The number of hydrogen-bond donors (Lipinski definition) is 1. The van der Waals surface area contributed by atoms with Gasteiger partial charge in [0.15, 0.2) is 0 Å². The van der Waals surface area contributed by atoms with Gasteiger partial charge in [0.25, 0.3) is 0 Å². The van der Waals surface area contributed by atoms with E-state index in [-0.39, 0.29) is 35.8 Å². The normalized spacial score (nSPS) is 19.6. The molecule has 196 valence electrons. The molecular weight excluding hydrogens is 430 g/mol. The summed E-state index contributed by atoms with van der Waals surface area (Å²) in [6.07, 6.45) is 4.74. The third kappa shape index (κ3) is 8.71. The molecule has 1 saturated heterocycles. The molecule has 0 aromatic carbocycles. The molecule has 1 unspecified atom stereocenters. The maximum atomic E-state index is 13.7. The number of nitrogens with one attached hydrogen (secondary N) is 1. The molecule has 0 aliphatic carbocycles. The van der Waals surface area contributed by atoms with Gasteiger partial charge in [-0.2, -0.15) is 0 Å². The van der Waals surface area contributed by atoms with Crippen molar-refractivity contribution in [3.8, 4) is 0 Å². The number of ether oxygens (including phenoxy) is 1. The Labute approximate surface area is 207 Å². The molecule has 1 fully saturated rings. The van der Waals surface area contributed by atoms with Crippen molar-refractivity contribution in [2.75, 3.05) is 26.7 Å². The van der Waals surface area contributed by atoms with Gasteiger partial charge in [-0.05, 0) is 50.5 Å². The summed E-state index contributed by atoms with van der Waals surface area (Å²) in [4.78, 5) is 43.2. The highest BCUT2D eigenvalue weighted by atomic mass is 16.5. The van der Waals surface area contributed by atoms with Gasteiger partial charge in [-0.15, -0.1) is 0 Å². The van der Waals surface area contributed by atoms with Crippen LogP contribution >= 0.6 is 0 Å². The van der Waals surface area contributed by atoms with Crippen molar-refractivity contribution in [2.24, 2.45) is 17.3 Å². The molecule has 0 saturated carbocycles. The van der Waals surface area contributed by atoms with Crippen LogP contribution in [0.4, 0.5) is 0 Å². The van der Waals surface area contributed by atoms with Crippen LogP contribution in [-0.4, -0.2) is 72.5 Å². The molecule has 1 N–H and O–H groups in total. The predicted molar refractivity (Wildman–Crippen MR) is 137 cm³/mol. The van der Waals surface area contributed by atoms with Gasteiger partial charge in [0, 0.05) is 19.2 Å². The van der Waals surface area contributed by atoms with E-state index in [0.717, 1.165) is 32.4 Å².